The van der Waals surface area contributed by atoms with Crippen molar-refractivity contribution in [1.82, 2.24) is 10.4 Å². The average Bonchev–Trinajstić information content (AvgIpc) is 2.83. The molecule has 0 fully saturated rings. The van der Waals surface area contributed by atoms with Crippen molar-refractivity contribution in [3.05, 3.63) is 98.2 Å². The number of benzene rings is 3. The lowest BCUT2D eigenvalue weighted by Gasteiger charge is -2.10. The van der Waals surface area contributed by atoms with Gasteiger partial charge in [0.1, 0.15) is 23.6 Å². The number of nitrogens with zero attached hydrogens (tertiary/aromatic N) is 2. The van der Waals surface area contributed by atoms with Crippen LogP contribution in [0.25, 0.3) is 10.9 Å². The summed E-state index contributed by atoms with van der Waals surface area (Å²) >= 11 is 5.73. The molecule has 6 nitrogen and oxygen atoms in total. The summed E-state index contributed by atoms with van der Waals surface area (Å²) in [5, 5.41) is 5.01. The summed E-state index contributed by atoms with van der Waals surface area (Å²) in [5.41, 5.74) is 4.99. The Hall–Kier alpha value is -2.98. The Bertz CT molecular complexity index is 1290. The molecule has 0 aliphatic heterocycles. The van der Waals surface area contributed by atoms with Crippen LogP contribution in [-0.2, 0) is 11.4 Å². The van der Waals surface area contributed by atoms with Crippen molar-refractivity contribution in [2.75, 3.05) is 6.61 Å². The molecule has 1 N–H and O–H groups in total. The predicted molar refractivity (Wildman–Crippen MR) is 141 cm³/mol. The molecule has 1 heterocycles. The van der Waals surface area contributed by atoms with Crippen LogP contribution < -0.4 is 14.9 Å². The summed E-state index contributed by atoms with van der Waals surface area (Å²) in [6, 6.07) is 23.1. The van der Waals surface area contributed by atoms with E-state index in [1.165, 1.54) is 3.57 Å². The van der Waals surface area contributed by atoms with Gasteiger partial charge in [0.05, 0.1) is 6.21 Å². The number of nitrogens with one attached hydrogen (secondary N) is 1. The van der Waals surface area contributed by atoms with E-state index in [-0.39, 0.29) is 12.5 Å². The van der Waals surface area contributed by atoms with Crippen molar-refractivity contribution in [3.8, 4) is 11.5 Å². The van der Waals surface area contributed by atoms with E-state index >= 15 is 0 Å². The number of carbonyl (C=O) groups is 1. The molecule has 0 bridgehead atoms. The Kier molecular flexibility index (Phi) is 7.90. The molecule has 0 atom stereocenters. The van der Waals surface area contributed by atoms with Gasteiger partial charge in [-0.1, -0.05) is 46.3 Å². The van der Waals surface area contributed by atoms with Crippen LogP contribution in [0.4, 0.5) is 0 Å². The van der Waals surface area contributed by atoms with Gasteiger partial charge in [-0.25, -0.2) is 5.43 Å². The fraction of sp³-hybridized carbons (Fsp3) is 0.0800. The highest BCUT2D eigenvalue weighted by atomic mass is 127. The maximum atomic E-state index is 12.2. The van der Waals surface area contributed by atoms with Crippen molar-refractivity contribution < 1.29 is 14.3 Å². The summed E-state index contributed by atoms with van der Waals surface area (Å²) in [6.07, 6.45) is 3.24. The third-order valence-electron chi connectivity index (χ3n) is 4.63. The molecule has 1 amide bonds. The second kappa shape index (κ2) is 11.2. The summed E-state index contributed by atoms with van der Waals surface area (Å²) in [5.74, 6) is 0.828. The van der Waals surface area contributed by atoms with E-state index in [0.717, 1.165) is 21.0 Å². The molecule has 3 aromatic carbocycles. The van der Waals surface area contributed by atoms with E-state index in [1.807, 2.05) is 66.7 Å². The molecule has 0 aliphatic carbocycles. The topological polar surface area (TPSA) is 72.8 Å². The van der Waals surface area contributed by atoms with E-state index in [0.29, 0.717) is 23.6 Å². The molecule has 0 saturated heterocycles. The number of pyridine rings is 1. The van der Waals surface area contributed by atoms with Crippen molar-refractivity contribution in [2.45, 2.75) is 6.61 Å². The van der Waals surface area contributed by atoms with Gasteiger partial charge in [0.2, 0.25) is 0 Å². The molecular formula is C25H19BrIN3O3. The molecule has 33 heavy (non-hydrogen) atoms. The number of hydrogen-bond acceptors (Lipinski definition) is 5. The van der Waals surface area contributed by atoms with Crippen LogP contribution in [0.1, 0.15) is 11.1 Å². The van der Waals surface area contributed by atoms with E-state index in [9.17, 15) is 4.79 Å². The first-order valence-electron chi connectivity index (χ1n) is 10.0. The molecule has 166 valence electrons. The van der Waals surface area contributed by atoms with E-state index < -0.39 is 0 Å². The van der Waals surface area contributed by atoms with Crippen LogP contribution in [-0.4, -0.2) is 23.7 Å². The van der Waals surface area contributed by atoms with Gasteiger partial charge in [-0.3, -0.25) is 9.78 Å². The molecule has 0 saturated carbocycles. The second-order valence-electron chi connectivity index (χ2n) is 7.01. The summed E-state index contributed by atoms with van der Waals surface area (Å²) < 4.78 is 13.7. The summed E-state index contributed by atoms with van der Waals surface area (Å²) in [6.45, 7) is 0.250. The number of hydrogen-bond donors (Lipinski definition) is 1. The van der Waals surface area contributed by atoms with Gasteiger partial charge >= 0.3 is 0 Å². The Balaban J connectivity index is 1.35. The third kappa shape index (κ3) is 6.52. The number of aromatic nitrogens is 1. The van der Waals surface area contributed by atoms with E-state index in [4.69, 9.17) is 9.47 Å². The van der Waals surface area contributed by atoms with Crippen LogP contribution in [0.3, 0.4) is 0 Å². The first-order valence-corrected chi connectivity index (χ1v) is 11.9. The first-order chi connectivity index (χ1) is 16.1. The van der Waals surface area contributed by atoms with Gasteiger partial charge in [0, 0.05) is 25.2 Å². The largest absolute Gasteiger partial charge is 0.488 e. The predicted octanol–water partition coefficient (Wildman–Crippen LogP) is 5.71. The van der Waals surface area contributed by atoms with Crippen molar-refractivity contribution in [3.63, 3.8) is 0 Å². The minimum absolute atomic E-state index is 0.179. The minimum Gasteiger partial charge on any atom is -0.488 e. The molecule has 0 spiro atoms. The standard InChI is InChI=1S/C25H19BrIN3O3/c26-20-8-11-22(32-15-17-6-9-21(27)10-7-17)19(13-20)14-29-30-24(31)16-33-23-5-1-3-18-4-2-12-28-25(18)23/h1-14H,15-16H2,(H,30,31)/b29-14+. The fourth-order valence-corrected chi connectivity index (χ4v) is 3.77. The lowest BCUT2D eigenvalue weighted by molar-refractivity contribution is -0.123. The van der Waals surface area contributed by atoms with Crippen LogP contribution in [0.15, 0.2) is 88.6 Å². The fourth-order valence-electron chi connectivity index (χ4n) is 3.04. The van der Waals surface area contributed by atoms with E-state index in [1.54, 1.807) is 18.5 Å². The zero-order valence-electron chi connectivity index (χ0n) is 17.4. The number of halogens is 2. The van der Waals surface area contributed by atoms with Crippen molar-refractivity contribution in [2.24, 2.45) is 5.10 Å². The summed E-state index contributed by atoms with van der Waals surface area (Å²) in [4.78, 5) is 16.5. The van der Waals surface area contributed by atoms with E-state index in [2.05, 4.69) is 54.0 Å². The lowest BCUT2D eigenvalue weighted by Crippen LogP contribution is -2.24. The summed E-state index contributed by atoms with van der Waals surface area (Å²) in [7, 11) is 0. The number of hydrazone groups is 1. The first kappa shape index (κ1) is 23.2. The van der Waals surface area contributed by atoms with Crippen LogP contribution in [0.5, 0.6) is 11.5 Å². The average molecular weight is 616 g/mol. The van der Waals surface area contributed by atoms with Crippen LogP contribution in [0.2, 0.25) is 0 Å². The molecule has 0 unspecified atom stereocenters. The zero-order chi connectivity index (χ0) is 23.0. The Labute approximate surface area is 213 Å². The van der Waals surface area contributed by atoms with Gasteiger partial charge in [0.15, 0.2) is 6.61 Å². The van der Waals surface area contributed by atoms with Gasteiger partial charge < -0.3 is 9.47 Å². The number of para-hydroxylation sites is 1. The number of amides is 1. The highest BCUT2D eigenvalue weighted by Gasteiger charge is 2.07. The molecule has 0 radical (unpaired) electrons. The molecule has 4 aromatic rings. The highest BCUT2D eigenvalue weighted by Crippen LogP contribution is 2.24. The maximum Gasteiger partial charge on any atom is 0.277 e. The Morgan fingerprint density at radius 1 is 1.03 bits per heavy atom. The normalized spacial score (nSPS) is 11.0. The Morgan fingerprint density at radius 3 is 2.70 bits per heavy atom. The molecular weight excluding hydrogens is 597 g/mol. The number of ether oxygens (including phenoxy) is 2. The monoisotopic (exact) mass is 615 g/mol. The lowest BCUT2D eigenvalue weighted by atomic mass is 10.2. The minimum atomic E-state index is -0.379. The SMILES string of the molecule is O=C(COc1cccc2cccnc12)N/N=C/c1cc(Br)ccc1OCc1ccc(I)cc1. The third-order valence-corrected chi connectivity index (χ3v) is 5.84. The van der Waals surface area contributed by atoms with Crippen LogP contribution in [0, 0.1) is 3.57 Å². The molecule has 1 aromatic heterocycles. The number of rotatable bonds is 8. The number of carbonyl (C=O) groups excluding carboxylic acids is 1. The molecule has 0 aliphatic rings. The van der Waals surface area contributed by atoms with Crippen LogP contribution >= 0.6 is 38.5 Å². The second-order valence-corrected chi connectivity index (χ2v) is 9.17. The van der Waals surface area contributed by atoms with Gasteiger partial charge in [-0.05, 0) is 70.6 Å². The van der Waals surface area contributed by atoms with Crippen molar-refractivity contribution in [1.29, 1.82) is 0 Å². The Morgan fingerprint density at radius 2 is 1.85 bits per heavy atom. The molecule has 8 heteroatoms. The van der Waals surface area contributed by atoms with Gasteiger partial charge in [-0.2, -0.15) is 5.10 Å². The zero-order valence-corrected chi connectivity index (χ0v) is 21.1. The quantitative estimate of drug-likeness (QED) is 0.157. The maximum absolute atomic E-state index is 12.2. The van der Waals surface area contributed by atoms with Gasteiger partial charge in [0.25, 0.3) is 5.91 Å². The highest BCUT2D eigenvalue weighted by molar-refractivity contribution is 14.1. The van der Waals surface area contributed by atoms with Crippen molar-refractivity contribution >= 4 is 61.5 Å². The smallest absolute Gasteiger partial charge is 0.277 e. The number of fused-ring (bicyclic) bond motifs is 1. The van der Waals surface area contributed by atoms with Gasteiger partial charge in [-0.15, -0.1) is 0 Å². The molecule has 4 rings (SSSR count).